The molecule has 37 heavy (non-hydrogen) atoms. The second-order valence-corrected chi connectivity index (χ2v) is 9.53. The summed E-state index contributed by atoms with van der Waals surface area (Å²) in [5.41, 5.74) is 2.83. The monoisotopic (exact) mass is 534 g/mol. The first-order valence-corrected chi connectivity index (χ1v) is 13.4. The number of rotatable bonds is 11. The summed E-state index contributed by atoms with van der Waals surface area (Å²) in [7, 11) is 1.61. The maximum atomic E-state index is 12.9. The van der Waals surface area contributed by atoms with Crippen molar-refractivity contribution in [3.63, 3.8) is 0 Å². The number of thioether (sulfide) groups is 1. The van der Waals surface area contributed by atoms with Crippen molar-refractivity contribution in [3.05, 3.63) is 78.2 Å². The van der Waals surface area contributed by atoms with Gasteiger partial charge in [-0.15, -0.1) is 28.1 Å². The molecule has 1 N–H and O–H groups in total. The highest BCUT2D eigenvalue weighted by Gasteiger charge is 2.23. The van der Waals surface area contributed by atoms with E-state index in [1.807, 2.05) is 64.5 Å². The molecule has 0 aliphatic carbocycles. The molecule has 0 atom stereocenters. The van der Waals surface area contributed by atoms with Crippen LogP contribution in [0.3, 0.4) is 0 Å². The van der Waals surface area contributed by atoms with E-state index in [0.29, 0.717) is 28.1 Å². The number of carbonyl (C=O) groups is 2. The van der Waals surface area contributed by atoms with Crippen LogP contribution in [0.15, 0.2) is 77.8 Å². The molecule has 0 spiro atoms. The first kappa shape index (κ1) is 26.2. The first-order valence-electron chi connectivity index (χ1n) is 11.5. The number of anilines is 1. The molecule has 0 fully saturated rings. The third-order valence-electron chi connectivity index (χ3n) is 5.32. The van der Waals surface area contributed by atoms with Gasteiger partial charge in [0.05, 0.1) is 19.5 Å². The summed E-state index contributed by atoms with van der Waals surface area (Å²) in [6.45, 7) is 6.30. The van der Waals surface area contributed by atoms with Gasteiger partial charge in [-0.1, -0.05) is 48.2 Å². The maximum absolute atomic E-state index is 12.9. The predicted molar refractivity (Wildman–Crippen MR) is 147 cm³/mol. The van der Waals surface area contributed by atoms with E-state index in [4.69, 9.17) is 9.47 Å². The van der Waals surface area contributed by atoms with Crippen molar-refractivity contribution in [2.45, 2.75) is 18.6 Å². The average Bonchev–Trinajstić information content (AvgIpc) is 3.52. The lowest BCUT2D eigenvalue weighted by Gasteiger charge is -2.10. The Labute approximate surface area is 223 Å². The molecule has 0 radical (unpaired) electrons. The molecule has 2 heterocycles. The third kappa shape index (κ3) is 6.10. The number of methoxy groups -OCH3 is 1. The zero-order chi connectivity index (χ0) is 26.2. The van der Waals surface area contributed by atoms with Gasteiger partial charge < -0.3 is 14.8 Å². The molecule has 190 valence electrons. The van der Waals surface area contributed by atoms with Crippen LogP contribution in [0, 0.1) is 0 Å². The van der Waals surface area contributed by atoms with Crippen LogP contribution in [0.5, 0.6) is 5.75 Å². The van der Waals surface area contributed by atoms with Crippen molar-refractivity contribution in [3.8, 4) is 28.3 Å². The average molecular weight is 535 g/mol. The first-order chi connectivity index (χ1) is 18.0. The lowest BCUT2D eigenvalue weighted by molar-refractivity contribution is -0.113. The van der Waals surface area contributed by atoms with Crippen LogP contribution in [-0.2, 0) is 16.1 Å². The van der Waals surface area contributed by atoms with Crippen molar-refractivity contribution in [1.29, 1.82) is 0 Å². The highest BCUT2D eigenvalue weighted by molar-refractivity contribution is 7.99. The molecule has 4 aromatic rings. The minimum atomic E-state index is -0.472. The van der Waals surface area contributed by atoms with E-state index < -0.39 is 5.97 Å². The molecule has 0 saturated heterocycles. The predicted octanol–water partition coefficient (Wildman–Crippen LogP) is 5.78. The Morgan fingerprint density at radius 1 is 1.11 bits per heavy atom. The van der Waals surface area contributed by atoms with Gasteiger partial charge in [0.15, 0.2) is 11.0 Å². The number of hydrogen-bond acceptors (Lipinski definition) is 8. The Balaban J connectivity index is 1.51. The van der Waals surface area contributed by atoms with E-state index in [9.17, 15) is 9.59 Å². The van der Waals surface area contributed by atoms with Gasteiger partial charge in [-0.3, -0.25) is 9.36 Å². The Morgan fingerprint density at radius 3 is 2.54 bits per heavy atom. The molecule has 10 heteroatoms. The highest BCUT2D eigenvalue weighted by Crippen LogP contribution is 2.36. The van der Waals surface area contributed by atoms with Crippen LogP contribution in [-0.4, -0.2) is 46.1 Å². The molecular formula is C27H26N4O4S2. The van der Waals surface area contributed by atoms with Crippen LogP contribution >= 0.6 is 23.1 Å². The molecule has 0 aliphatic heterocycles. The molecule has 0 aliphatic rings. The molecule has 0 saturated carbocycles. The number of esters is 1. The number of benzene rings is 2. The third-order valence-corrected chi connectivity index (χ3v) is 7.18. The fraction of sp³-hybridized carbons (Fsp3) is 0.185. The van der Waals surface area contributed by atoms with Crippen LogP contribution in [0.4, 0.5) is 5.00 Å². The summed E-state index contributed by atoms with van der Waals surface area (Å²) >= 11 is 2.55. The Bertz CT molecular complexity index is 1380. The molecule has 0 unspecified atom stereocenters. The van der Waals surface area contributed by atoms with Crippen LogP contribution in [0.2, 0.25) is 0 Å². The number of aromatic nitrogens is 3. The van der Waals surface area contributed by atoms with Gasteiger partial charge in [-0.2, -0.15) is 0 Å². The second kappa shape index (κ2) is 12.4. The number of hydrogen-bond donors (Lipinski definition) is 1. The number of carbonyl (C=O) groups excluding carboxylic acids is 2. The fourth-order valence-electron chi connectivity index (χ4n) is 3.62. The maximum Gasteiger partial charge on any atom is 0.341 e. The van der Waals surface area contributed by atoms with Crippen molar-refractivity contribution in [2.24, 2.45) is 0 Å². The summed E-state index contributed by atoms with van der Waals surface area (Å²) in [6.07, 6.45) is 1.75. The van der Waals surface area contributed by atoms with E-state index in [-0.39, 0.29) is 18.3 Å². The van der Waals surface area contributed by atoms with Crippen molar-refractivity contribution < 1.29 is 19.1 Å². The number of nitrogens with one attached hydrogen (secondary N) is 1. The molecule has 4 rings (SSSR count). The molecule has 2 aromatic carbocycles. The summed E-state index contributed by atoms with van der Waals surface area (Å²) in [4.78, 5) is 25.7. The molecule has 2 aromatic heterocycles. The Hall–Kier alpha value is -3.89. The van der Waals surface area contributed by atoms with Crippen LogP contribution in [0.25, 0.3) is 22.5 Å². The lowest BCUT2D eigenvalue weighted by atomic mass is 10.0. The summed E-state index contributed by atoms with van der Waals surface area (Å²) in [6, 6.07) is 17.1. The van der Waals surface area contributed by atoms with E-state index in [0.717, 1.165) is 22.4 Å². The second-order valence-electron chi connectivity index (χ2n) is 7.71. The van der Waals surface area contributed by atoms with Crippen molar-refractivity contribution in [1.82, 2.24) is 14.8 Å². The summed E-state index contributed by atoms with van der Waals surface area (Å²) < 4.78 is 12.4. The van der Waals surface area contributed by atoms with E-state index in [1.54, 1.807) is 20.1 Å². The number of thiophene rings is 1. The Morgan fingerprint density at radius 2 is 1.86 bits per heavy atom. The van der Waals surface area contributed by atoms with E-state index in [2.05, 4.69) is 22.1 Å². The van der Waals surface area contributed by atoms with E-state index >= 15 is 0 Å². The summed E-state index contributed by atoms with van der Waals surface area (Å²) in [5, 5.41) is 14.4. The number of ether oxygens (including phenoxy) is 2. The van der Waals surface area contributed by atoms with Gasteiger partial charge in [0.2, 0.25) is 5.91 Å². The van der Waals surface area contributed by atoms with Crippen molar-refractivity contribution in [2.75, 3.05) is 24.8 Å². The Kier molecular flexibility index (Phi) is 8.76. The van der Waals surface area contributed by atoms with Crippen LogP contribution in [0.1, 0.15) is 17.3 Å². The van der Waals surface area contributed by atoms with Gasteiger partial charge in [0, 0.05) is 23.1 Å². The molecular weight excluding hydrogens is 508 g/mol. The largest absolute Gasteiger partial charge is 0.497 e. The zero-order valence-corrected chi connectivity index (χ0v) is 22.1. The van der Waals surface area contributed by atoms with Gasteiger partial charge in [0.25, 0.3) is 0 Å². The van der Waals surface area contributed by atoms with Gasteiger partial charge >= 0.3 is 5.97 Å². The normalized spacial score (nSPS) is 10.6. The minimum Gasteiger partial charge on any atom is -0.497 e. The zero-order valence-electron chi connectivity index (χ0n) is 20.5. The molecule has 0 bridgehead atoms. The summed E-state index contributed by atoms with van der Waals surface area (Å²) in [5.74, 6) is 0.756. The van der Waals surface area contributed by atoms with Crippen molar-refractivity contribution >= 4 is 40.0 Å². The lowest BCUT2D eigenvalue weighted by Crippen LogP contribution is -2.17. The number of allylic oxidation sites excluding steroid dienone is 1. The topological polar surface area (TPSA) is 95.3 Å². The van der Waals surface area contributed by atoms with Gasteiger partial charge in [-0.25, -0.2) is 4.79 Å². The van der Waals surface area contributed by atoms with Gasteiger partial charge in [-0.05, 0) is 36.8 Å². The standard InChI is InChI=1S/C27H26N4O4S2/c1-4-15-31-24(19-11-13-20(34-3)14-12-19)29-30-27(31)37-17-22(32)28-25-23(26(33)35-5-2)21(16-36-25)18-9-7-6-8-10-18/h4,6-14,16H,1,5,15,17H2,2-3H3,(H,28,32). The number of amides is 1. The van der Waals surface area contributed by atoms with Gasteiger partial charge in [0.1, 0.15) is 16.3 Å². The minimum absolute atomic E-state index is 0.0821. The molecule has 8 nitrogen and oxygen atoms in total. The quantitative estimate of drug-likeness (QED) is 0.148. The van der Waals surface area contributed by atoms with E-state index in [1.165, 1.54) is 23.1 Å². The highest BCUT2D eigenvalue weighted by atomic mass is 32.2. The fourth-order valence-corrected chi connectivity index (χ4v) is 5.34. The van der Waals surface area contributed by atoms with Crippen LogP contribution < -0.4 is 10.1 Å². The smallest absolute Gasteiger partial charge is 0.341 e. The molecule has 1 amide bonds. The SMILES string of the molecule is C=CCn1c(SCC(=O)Nc2scc(-c3ccccc3)c2C(=O)OCC)nnc1-c1ccc(OC)cc1. The number of nitrogens with zero attached hydrogens (tertiary/aromatic N) is 3.